The monoisotopic (exact) mass is 201 g/mol. The van der Waals surface area contributed by atoms with Crippen molar-refractivity contribution >= 4 is 22.8 Å². The van der Waals surface area contributed by atoms with E-state index < -0.39 is 0 Å². The van der Waals surface area contributed by atoms with Crippen molar-refractivity contribution < 1.29 is 4.79 Å². The zero-order chi connectivity index (χ0) is 9.84. The fourth-order valence-electron chi connectivity index (χ4n) is 1.25. The van der Waals surface area contributed by atoms with Crippen molar-refractivity contribution in [1.82, 2.24) is 4.90 Å². The fraction of sp³-hybridized carbons (Fsp3) is 0.750. The number of thioether (sulfide) groups is 1. The molecule has 0 spiro atoms. The quantitative estimate of drug-likeness (QED) is 0.517. The van der Waals surface area contributed by atoms with Crippen LogP contribution in [0, 0.1) is 5.41 Å². The minimum atomic E-state index is 0.0141. The summed E-state index contributed by atoms with van der Waals surface area (Å²) in [7, 11) is 0. The minimum absolute atomic E-state index is 0.0141. The van der Waals surface area contributed by atoms with Crippen LogP contribution in [0.3, 0.4) is 0 Å². The number of hydrogen-bond acceptors (Lipinski definition) is 3. The second-order valence-electron chi connectivity index (χ2n) is 3.06. The van der Waals surface area contributed by atoms with Crippen LogP contribution in [0.15, 0.2) is 0 Å². The van der Waals surface area contributed by atoms with Crippen molar-refractivity contribution in [2.24, 2.45) is 5.73 Å². The number of nitrogens with one attached hydrogen (secondary N) is 1. The van der Waals surface area contributed by atoms with Crippen molar-refractivity contribution in [3.8, 4) is 0 Å². The van der Waals surface area contributed by atoms with Gasteiger partial charge in [0, 0.05) is 12.6 Å². The van der Waals surface area contributed by atoms with E-state index in [-0.39, 0.29) is 11.1 Å². The summed E-state index contributed by atoms with van der Waals surface area (Å²) in [4.78, 5) is 13.4. The fourth-order valence-corrected chi connectivity index (χ4v) is 1.69. The van der Waals surface area contributed by atoms with Crippen LogP contribution in [-0.2, 0) is 4.79 Å². The Hall–Kier alpha value is -0.710. The first kappa shape index (κ1) is 10.4. The van der Waals surface area contributed by atoms with E-state index in [9.17, 15) is 4.79 Å². The van der Waals surface area contributed by atoms with Gasteiger partial charge in [-0.05, 0) is 19.8 Å². The Morgan fingerprint density at radius 1 is 1.69 bits per heavy atom. The van der Waals surface area contributed by atoms with Crippen LogP contribution in [-0.4, -0.2) is 34.3 Å². The molecule has 0 aromatic rings. The Labute approximate surface area is 82.4 Å². The largest absolute Gasteiger partial charge is 0.379 e. The van der Waals surface area contributed by atoms with E-state index >= 15 is 0 Å². The molecule has 0 radical (unpaired) electrons. The summed E-state index contributed by atoms with van der Waals surface area (Å²) < 4.78 is 0. The molecule has 0 saturated heterocycles. The topological polar surface area (TPSA) is 70.2 Å². The Bertz CT molecular complexity index is 215. The molecule has 0 aromatic carbocycles. The molecule has 74 valence electrons. The van der Waals surface area contributed by atoms with E-state index in [1.165, 1.54) is 0 Å². The number of amides is 1. The van der Waals surface area contributed by atoms with Crippen molar-refractivity contribution in [2.75, 3.05) is 12.3 Å². The zero-order valence-corrected chi connectivity index (χ0v) is 8.56. The molecule has 0 bridgehead atoms. The highest BCUT2D eigenvalue weighted by molar-refractivity contribution is 8.14. The Kier molecular flexibility index (Phi) is 3.59. The molecule has 3 N–H and O–H groups in total. The first-order chi connectivity index (χ1) is 6.15. The smallest absolute Gasteiger partial charge is 0.233 e. The highest BCUT2D eigenvalue weighted by Gasteiger charge is 2.30. The Balaban J connectivity index is 2.31. The van der Waals surface area contributed by atoms with E-state index in [1.807, 2.05) is 11.8 Å². The summed E-state index contributed by atoms with van der Waals surface area (Å²) in [5.41, 5.74) is 5.15. The summed E-state index contributed by atoms with van der Waals surface area (Å²) in [6, 6.07) is 0.463. The molecule has 5 heteroatoms. The van der Waals surface area contributed by atoms with Crippen LogP contribution >= 0.6 is 11.8 Å². The molecule has 0 heterocycles. The highest BCUT2D eigenvalue weighted by atomic mass is 32.2. The molecule has 0 atom stereocenters. The normalized spacial score (nSPS) is 15.5. The van der Waals surface area contributed by atoms with E-state index in [0.717, 1.165) is 31.1 Å². The third kappa shape index (κ3) is 3.26. The van der Waals surface area contributed by atoms with Crippen LogP contribution in [0.25, 0.3) is 0 Å². The van der Waals surface area contributed by atoms with Gasteiger partial charge in [-0.15, -0.1) is 0 Å². The summed E-state index contributed by atoms with van der Waals surface area (Å²) in [6.45, 7) is 2.75. The highest BCUT2D eigenvalue weighted by Crippen LogP contribution is 2.26. The van der Waals surface area contributed by atoms with Crippen LogP contribution in [0.4, 0.5) is 0 Å². The summed E-state index contributed by atoms with van der Waals surface area (Å²) >= 11 is 1.10. The van der Waals surface area contributed by atoms with Gasteiger partial charge in [-0.25, -0.2) is 0 Å². The van der Waals surface area contributed by atoms with Crippen molar-refractivity contribution in [1.29, 1.82) is 5.41 Å². The summed E-state index contributed by atoms with van der Waals surface area (Å²) in [6.07, 6.45) is 2.26. The second-order valence-corrected chi connectivity index (χ2v) is 4.08. The van der Waals surface area contributed by atoms with Gasteiger partial charge in [0.05, 0.1) is 5.75 Å². The van der Waals surface area contributed by atoms with E-state index in [1.54, 1.807) is 0 Å². The van der Waals surface area contributed by atoms with Crippen LogP contribution in [0.5, 0.6) is 0 Å². The summed E-state index contributed by atoms with van der Waals surface area (Å²) in [5.74, 6) is 0.407. The number of rotatable bonds is 4. The van der Waals surface area contributed by atoms with E-state index in [4.69, 9.17) is 11.1 Å². The predicted octanol–water partition coefficient (Wildman–Crippen LogP) is 0.624. The third-order valence-electron chi connectivity index (χ3n) is 2.00. The lowest BCUT2D eigenvalue weighted by Crippen LogP contribution is -2.34. The predicted molar refractivity (Wildman–Crippen MR) is 54.8 cm³/mol. The van der Waals surface area contributed by atoms with Crippen LogP contribution in [0.1, 0.15) is 19.8 Å². The molecule has 4 nitrogen and oxygen atoms in total. The molecular formula is C8H15N3OS. The molecule has 1 rings (SSSR count). The van der Waals surface area contributed by atoms with E-state index in [0.29, 0.717) is 11.8 Å². The first-order valence-corrected chi connectivity index (χ1v) is 5.40. The maximum atomic E-state index is 11.5. The summed E-state index contributed by atoms with van der Waals surface area (Å²) in [5, 5.41) is 6.99. The lowest BCUT2D eigenvalue weighted by Gasteiger charge is -2.19. The molecule has 1 saturated carbocycles. The van der Waals surface area contributed by atoms with Gasteiger partial charge in [0.25, 0.3) is 0 Å². The number of hydrogen-bond donors (Lipinski definition) is 2. The van der Waals surface area contributed by atoms with Gasteiger partial charge in [0.2, 0.25) is 5.91 Å². The maximum absolute atomic E-state index is 11.5. The molecule has 1 aliphatic carbocycles. The number of nitrogens with zero attached hydrogens (tertiary/aromatic N) is 1. The van der Waals surface area contributed by atoms with Gasteiger partial charge in [0.1, 0.15) is 0 Å². The molecule has 13 heavy (non-hydrogen) atoms. The minimum Gasteiger partial charge on any atom is -0.379 e. The Morgan fingerprint density at radius 3 is 2.69 bits per heavy atom. The standard InChI is InChI=1S/C8H15N3OS/c1-2-11(6-3-4-6)7(12)5-13-8(9)10/h6H,2-5H2,1H3,(H3,9,10). The number of carbonyl (C=O) groups excluding carboxylic acids is 1. The van der Waals surface area contributed by atoms with Gasteiger partial charge >= 0.3 is 0 Å². The molecule has 0 aromatic heterocycles. The Morgan fingerprint density at radius 2 is 2.31 bits per heavy atom. The first-order valence-electron chi connectivity index (χ1n) is 4.41. The van der Waals surface area contributed by atoms with Gasteiger partial charge in [0.15, 0.2) is 5.17 Å². The SMILES string of the molecule is CCN(C(=O)CSC(=N)N)C1CC1. The van der Waals surface area contributed by atoms with Crippen LogP contribution < -0.4 is 5.73 Å². The lowest BCUT2D eigenvalue weighted by atomic mass is 10.4. The van der Waals surface area contributed by atoms with Gasteiger partial charge < -0.3 is 10.6 Å². The van der Waals surface area contributed by atoms with Gasteiger partial charge in [-0.3, -0.25) is 10.2 Å². The number of carbonyl (C=O) groups is 1. The third-order valence-corrected chi connectivity index (χ3v) is 2.70. The molecule has 0 aliphatic heterocycles. The molecule has 1 aliphatic rings. The number of nitrogens with two attached hydrogens (primary N) is 1. The van der Waals surface area contributed by atoms with Crippen LogP contribution in [0.2, 0.25) is 0 Å². The van der Waals surface area contributed by atoms with Gasteiger partial charge in [-0.1, -0.05) is 11.8 Å². The molecule has 1 fully saturated rings. The molecule has 0 unspecified atom stereocenters. The lowest BCUT2D eigenvalue weighted by molar-refractivity contribution is -0.128. The second kappa shape index (κ2) is 4.50. The van der Waals surface area contributed by atoms with Crippen molar-refractivity contribution in [3.05, 3.63) is 0 Å². The molecular weight excluding hydrogens is 186 g/mol. The maximum Gasteiger partial charge on any atom is 0.233 e. The van der Waals surface area contributed by atoms with Gasteiger partial charge in [-0.2, -0.15) is 0 Å². The van der Waals surface area contributed by atoms with Crippen molar-refractivity contribution in [3.63, 3.8) is 0 Å². The van der Waals surface area contributed by atoms with E-state index in [2.05, 4.69) is 0 Å². The average molecular weight is 201 g/mol. The molecule has 1 amide bonds. The average Bonchev–Trinajstić information content (AvgIpc) is 2.86. The number of amidine groups is 1. The zero-order valence-electron chi connectivity index (χ0n) is 7.75. The van der Waals surface area contributed by atoms with Crippen molar-refractivity contribution in [2.45, 2.75) is 25.8 Å².